The van der Waals surface area contributed by atoms with Gasteiger partial charge in [-0.2, -0.15) is 5.26 Å². The van der Waals surface area contributed by atoms with Gasteiger partial charge in [-0.15, -0.1) is 0 Å². The molecule has 3 nitrogen and oxygen atoms in total. The van der Waals surface area contributed by atoms with Crippen molar-refractivity contribution in [1.29, 1.82) is 5.26 Å². The Morgan fingerprint density at radius 1 is 1.42 bits per heavy atom. The van der Waals surface area contributed by atoms with Gasteiger partial charge in [0.25, 0.3) is 0 Å². The molecule has 0 aliphatic heterocycles. The van der Waals surface area contributed by atoms with Crippen LogP contribution in [0.1, 0.15) is 48.8 Å². The van der Waals surface area contributed by atoms with E-state index in [1.54, 1.807) is 0 Å². The highest BCUT2D eigenvalue weighted by molar-refractivity contribution is 5.75. The zero-order valence-electron chi connectivity index (χ0n) is 12.0. The summed E-state index contributed by atoms with van der Waals surface area (Å²) in [5, 5.41) is 12.1. The van der Waals surface area contributed by atoms with Crippen molar-refractivity contribution < 1.29 is 4.79 Å². The molecule has 0 heterocycles. The van der Waals surface area contributed by atoms with Gasteiger partial charge in [0, 0.05) is 13.0 Å². The zero-order valence-corrected chi connectivity index (χ0v) is 12.0. The summed E-state index contributed by atoms with van der Waals surface area (Å²) in [5.74, 6) is -0.167. The lowest BCUT2D eigenvalue weighted by Gasteiger charge is -2.13. The molecule has 1 rings (SSSR count). The van der Waals surface area contributed by atoms with E-state index in [0.717, 1.165) is 23.1 Å². The Morgan fingerprint density at radius 3 is 2.79 bits per heavy atom. The van der Waals surface area contributed by atoms with Gasteiger partial charge in [-0.3, -0.25) is 4.79 Å². The SMILES string of the molecule is CCCNC(=O)CCC(C#N)c1cc(C)ccc1C. The van der Waals surface area contributed by atoms with Crippen molar-refractivity contribution in [2.45, 2.75) is 46.0 Å². The molecule has 0 aliphatic rings. The first-order chi connectivity index (χ1) is 9.08. The Labute approximate surface area is 115 Å². The maximum atomic E-state index is 11.6. The number of benzene rings is 1. The molecule has 1 atom stereocenters. The van der Waals surface area contributed by atoms with Gasteiger partial charge in [0.1, 0.15) is 0 Å². The third-order valence-electron chi connectivity index (χ3n) is 3.20. The standard InChI is InChI=1S/C16H22N2O/c1-4-9-18-16(19)8-7-14(11-17)15-10-12(2)5-6-13(15)3/h5-6,10,14H,4,7-9H2,1-3H3,(H,18,19). The van der Waals surface area contributed by atoms with Crippen molar-refractivity contribution in [2.75, 3.05) is 6.54 Å². The molecule has 0 spiro atoms. The molecule has 1 amide bonds. The fraction of sp³-hybridized carbons (Fsp3) is 0.500. The molecule has 1 unspecified atom stereocenters. The van der Waals surface area contributed by atoms with E-state index in [4.69, 9.17) is 0 Å². The largest absolute Gasteiger partial charge is 0.356 e. The summed E-state index contributed by atoms with van der Waals surface area (Å²) < 4.78 is 0. The van der Waals surface area contributed by atoms with Gasteiger partial charge in [0.2, 0.25) is 5.91 Å². The average molecular weight is 258 g/mol. The van der Waals surface area contributed by atoms with Crippen LogP contribution in [0.25, 0.3) is 0 Å². The van der Waals surface area contributed by atoms with Crippen LogP contribution < -0.4 is 5.32 Å². The highest BCUT2D eigenvalue weighted by Crippen LogP contribution is 2.24. The number of nitrogens with zero attached hydrogens (tertiary/aromatic N) is 1. The molecule has 0 aliphatic carbocycles. The molecule has 1 aromatic carbocycles. The highest BCUT2D eigenvalue weighted by Gasteiger charge is 2.15. The lowest BCUT2D eigenvalue weighted by molar-refractivity contribution is -0.121. The quantitative estimate of drug-likeness (QED) is 0.851. The zero-order chi connectivity index (χ0) is 14.3. The number of carbonyl (C=O) groups is 1. The van der Waals surface area contributed by atoms with Crippen LogP contribution in [0.2, 0.25) is 0 Å². The second-order valence-corrected chi connectivity index (χ2v) is 4.93. The van der Waals surface area contributed by atoms with Gasteiger partial charge in [0.05, 0.1) is 12.0 Å². The van der Waals surface area contributed by atoms with E-state index in [-0.39, 0.29) is 11.8 Å². The van der Waals surface area contributed by atoms with Crippen molar-refractivity contribution in [1.82, 2.24) is 5.32 Å². The predicted molar refractivity (Wildman–Crippen MR) is 76.8 cm³/mol. The Hall–Kier alpha value is -1.82. The number of carbonyl (C=O) groups excluding carboxylic acids is 1. The van der Waals surface area contributed by atoms with E-state index in [1.165, 1.54) is 0 Å². The Balaban J connectivity index is 2.66. The molecular formula is C16H22N2O. The molecular weight excluding hydrogens is 236 g/mol. The number of nitriles is 1. The summed E-state index contributed by atoms with van der Waals surface area (Å²) in [5.41, 5.74) is 3.31. The summed E-state index contributed by atoms with van der Waals surface area (Å²) in [6.45, 7) is 6.76. The number of hydrogen-bond acceptors (Lipinski definition) is 2. The normalized spacial score (nSPS) is 11.7. The van der Waals surface area contributed by atoms with Crippen molar-refractivity contribution >= 4 is 5.91 Å². The Bertz CT molecular complexity index is 474. The summed E-state index contributed by atoms with van der Waals surface area (Å²) in [6.07, 6.45) is 1.92. The number of rotatable bonds is 6. The molecule has 0 aromatic heterocycles. The smallest absolute Gasteiger partial charge is 0.220 e. The van der Waals surface area contributed by atoms with Crippen LogP contribution in [-0.4, -0.2) is 12.5 Å². The van der Waals surface area contributed by atoms with Crippen molar-refractivity contribution in [3.05, 3.63) is 34.9 Å². The number of amides is 1. The Morgan fingerprint density at radius 2 is 2.16 bits per heavy atom. The molecule has 102 valence electrons. The fourth-order valence-electron chi connectivity index (χ4n) is 2.05. The van der Waals surface area contributed by atoms with Gasteiger partial charge in [-0.1, -0.05) is 30.7 Å². The molecule has 0 bridgehead atoms. The monoisotopic (exact) mass is 258 g/mol. The number of hydrogen-bond donors (Lipinski definition) is 1. The van der Waals surface area contributed by atoms with E-state index < -0.39 is 0 Å². The molecule has 19 heavy (non-hydrogen) atoms. The van der Waals surface area contributed by atoms with E-state index in [0.29, 0.717) is 19.4 Å². The summed E-state index contributed by atoms with van der Waals surface area (Å²) in [6, 6.07) is 8.44. The third-order valence-corrected chi connectivity index (χ3v) is 3.20. The number of nitrogens with one attached hydrogen (secondary N) is 1. The van der Waals surface area contributed by atoms with Crippen LogP contribution in [0.5, 0.6) is 0 Å². The molecule has 1 N–H and O–H groups in total. The minimum atomic E-state index is -0.202. The lowest BCUT2D eigenvalue weighted by atomic mass is 9.91. The van der Waals surface area contributed by atoms with Crippen LogP contribution in [0, 0.1) is 25.2 Å². The number of aryl methyl sites for hydroxylation is 2. The van der Waals surface area contributed by atoms with Crippen molar-refractivity contribution in [3.63, 3.8) is 0 Å². The van der Waals surface area contributed by atoms with E-state index in [1.807, 2.05) is 39.0 Å². The summed E-state index contributed by atoms with van der Waals surface area (Å²) in [4.78, 5) is 11.6. The maximum Gasteiger partial charge on any atom is 0.220 e. The second kappa shape index (κ2) is 7.58. The van der Waals surface area contributed by atoms with Gasteiger partial charge >= 0.3 is 0 Å². The van der Waals surface area contributed by atoms with E-state index in [2.05, 4.69) is 11.4 Å². The van der Waals surface area contributed by atoms with Crippen LogP contribution in [0.4, 0.5) is 0 Å². The first-order valence-electron chi connectivity index (χ1n) is 6.82. The first-order valence-corrected chi connectivity index (χ1v) is 6.82. The van der Waals surface area contributed by atoms with Gasteiger partial charge in [-0.05, 0) is 37.8 Å². The van der Waals surface area contributed by atoms with Crippen LogP contribution >= 0.6 is 0 Å². The highest BCUT2D eigenvalue weighted by atomic mass is 16.1. The molecule has 0 fully saturated rings. The first kappa shape index (κ1) is 15.2. The average Bonchev–Trinajstić information content (AvgIpc) is 2.40. The molecule has 3 heteroatoms. The molecule has 0 radical (unpaired) electrons. The van der Waals surface area contributed by atoms with E-state index >= 15 is 0 Å². The predicted octanol–water partition coefficient (Wildman–Crippen LogP) is 3.22. The summed E-state index contributed by atoms with van der Waals surface area (Å²) >= 11 is 0. The topological polar surface area (TPSA) is 52.9 Å². The summed E-state index contributed by atoms with van der Waals surface area (Å²) in [7, 11) is 0. The van der Waals surface area contributed by atoms with Crippen LogP contribution in [0.15, 0.2) is 18.2 Å². The maximum absolute atomic E-state index is 11.6. The van der Waals surface area contributed by atoms with Gasteiger partial charge in [-0.25, -0.2) is 0 Å². The minimum Gasteiger partial charge on any atom is -0.356 e. The van der Waals surface area contributed by atoms with Crippen molar-refractivity contribution in [3.8, 4) is 6.07 Å². The fourth-order valence-corrected chi connectivity index (χ4v) is 2.05. The third kappa shape index (κ3) is 4.75. The Kier molecular flexibility index (Phi) is 6.08. The van der Waals surface area contributed by atoms with Gasteiger partial charge in [0.15, 0.2) is 0 Å². The minimum absolute atomic E-state index is 0.0346. The molecule has 0 saturated carbocycles. The second-order valence-electron chi connectivity index (χ2n) is 4.93. The lowest BCUT2D eigenvalue weighted by Crippen LogP contribution is -2.24. The van der Waals surface area contributed by atoms with E-state index in [9.17, 15) is 10.1 Å². The van der Waals surface area contributed by atoms with Crippen LogP contribution in [-0.2, 0) is 4.79 Å². The van der Waals surface area contributed by atoms with Crippen LogP contribution in [0.3, 0.4) is 0 Å². The van der Waals surface area contributed by atoms with Crippen molar-refractivity contribution in [2.24, 2.45) is 0 Å². The van der Waals surface area contributed by atoms with Gasteiger partial charge < -0.3 is 5.32 Å². The molecule has 1 aromatic rings. The molecule has 0 saturated heterocycles.